The van der Waals surface area contributed by atoms with Gasteiger partial charge in [0, 0.05) is 26.2 Å². The number of halogens is 3. The predicted octanol–water partition coefficient (Wildman–Crippen LogP) is 2.53. The number of likely N-dealkylation sites (N-methyl/N-ethyl adjacent to an activating group) is 1. The molecular weight excluding hydrogens is 243 g/mol. The van der Waals surface area contributed by atoms with E-state index in [1.54, 1.807) is 18.0 Å². The van der Waals surface area contributed by atoms with E-state index >= 15 is 0 Å². The molecule has 1 rings (SSSR count). The fourth-order valence-corrected chi connectivity index (χ4v) is 1.43. The second-order valence-electron chi connectivity index (χ2n) is 4.41. The summed E-state index contributed by atoms with van der Waals surface area (Å²) < 4.78 is 37.5. The molecule has 0 spiro atoms. The normalized spacial score (nSPS) is 11.9. The van der Waals surface area contributed by atoms with Crippen LogP contribution in [0.4, 0.5) is 19.0 Å². The first-order valence-corrected chi connectivity index (χ1v) is 5.79. The summed E-state index contributed by atoms with van der Waals surface area (Å²) in [6, 6.07) is 4.28. The highest BCUT2D eigenvalue weighted by molar-refractivity contribution is 5.38. The molecule has 0 fully saturated rings. The Kier molecular flexibility index (Phi) is 4.95. The van der Waals surface area contributed by atoms with E-state index in [1.165, 1.54) is 6.07 Å². The highest BCUT2D eigenvalue weighted by Crippen LogP contribution is 2.28. The molecule has 6 heteroatoms. The maximum Gasteiger partial charge on any atom is 0.433 e. The number of rotatable bonds is 5. The molecule has 1 N–H and O–H groups in total. The number of hydrogen-bond donors (Lipinski definition) is 1. The van der Waals surface area contributed by atoms with Gasteiger partial charge in [0.15, 0.2) is 0 Å². The van der Waals surface area contributed by atoms with E-state index in [0.29, 0.717) is 24.9 Å². The lowest BCUT2D eigenvalue weighted by molar-refractivity contribution is -0.141. The molecule has 0 saturated carbocycles. The molecule has 102 valence electrons. The molecule has 1 aromatic heterocycles. The lowest BCUT2D eigenvalue weighted by Crippen LogP contribution is -2.33. The van der Waals surface area contributed by atoms with Crippen molar-refractivity contribution in [2.75, 3.05) is 25.0 Å². The maximum atomic E-state index is 12.5. The number of aromatic nitrogens is 1. The summed E-state index contributed by atoms with van der Waals surface area (Å²) in [5.41, 5.74) is -0.858. The van der Waals surface area contributed by atoms with Gasteiger partial charge >= 0.3 is 6.18 Å². The van der Waals surface area contributed by atoms with Crippen LogP contribution < -0.4 is 10.2 Å². The van der Waals surface area contributed by atoms with E-state index in [4.69, 9.17) is 0 Å². The average Bonchev–Trinajstić information content (AvgIpc) is 2.27. The third-order valence-electron chi connectivity index (χ3n) is 2.42. The molecule has 1 heterocycles. The zero-order valence-electron chi connectivity index (χ0n) is 10.8. The molecule has 0 unspecified atom stereocenters. The van der Waals surface area contributed by atoms with Gasteiger partial charge in [-0.2, -0.15) is 13.2 Å². The van der Waals surface area contributed by atoms with Gasteiger partial charge in [-0.25, -0.2) is 4.98 Å². The van der Waals surface area contributed by atoms with Crippen LogP contribution in [0.25, 0.3) is 0 Å². The summed E-state index contributed by atoms with van der Waals surface area (Å²) in [6.07, 6.45) is -4.40. The summed E-state index contributed by atoms with van der Waals surface area (Å²) >= 11 is 0. The Balaban J connectivity index is 2.66. The molecule has 18 heavy (non-hydrogen) atoms. The van der Waals surface area contributed by atoms with E-state index in [0.717, 1.165) is 6.07 Å². The molecule has 0 aromatic carbocycles. The van der Waals surface area contributed by atoms with Gasteiger partial charge in [0.2, 0.25) is 0 Å². The van der Waals surface area contributed by atoms with Crippen molar-refractivity contribution in [3.05, 3.63) is 23.9 Å². The van der Waals surface area contributed by atoms with E-state index in [2.05, 4.69) is 10.3 Å². The van der Waals surface area contributed by atoms with Crippen LogP contribution >= 0.6 is 0 Å². The quantitative estimate of drug-likeness (QED) is 0.882. The largest absolute Gasteiger partial charge is 0.433 e. The van der Waals surface area contributed by atoms with Gasteiger partial charge in [-0.15, -0.1) is 0 Å². The van der Waals surface area contributed by atoms with Crippen LogP contribution in [0.3, 0.4) is 0 Å². The molecular formula is C12H18F3N3. The Bertz CT molecular complexity index is 377. The van der Waals surface area contributed by atoms with Gasteiger partial charge in [0.25, 0.3) is 0 Å². The van der Waals surface area contributed by atoms with Crippen molar-refractivity contribution in [2.24, 2.45) is 0 Å². The van der Waals surface area contributed by atoms with Crippen LogP contribution in [-0.4, -0.2) is 31.2 Å². The number of pyridine rings is 1. The monoisotopic (exact) mass is 261 g/mol. The summed E-state index contributed by atoms with van der Waals surface area (Å²) in [6.45, 7) is 5.34. The molecule has 0 aliphatic heterocycles. The maximum absolute atomic E-state index is 12.5. The van der Waals surface area contributed by atoms with Gasteiger partial charge in [-0.05, 0) is 12.1 Å². The Morgan fingerprint density at radius 1 is 1.33 bits per heavy atom. The lowest BCUT2D eigenvalue weighted by atomic mass is 10.3. The molecule has 0 bridgehead atoms. The van der Waals surface area contributed by atoms with Crippen LogP contribution in [0.5, 0.6) is 0 Å². The van der Waals surface area contributed by atoms with Crippen LogP contribution in [0.1, 0.15) is 19.5 Å². The van der Waals surface area contributed by atoms with Gasteiger partial charge in [0.05, 0.1) is 0 Å². The molecule has 0 aliphatic carbocycles. The second kappa shape index (κ2) is 6.04. The zero-order valence-corrected chi connectivity index (χ0v) is 10.8. The van der Waals surface area contributed by atoms with E-state index in [-0.39, 0.29) is 0 Å². The second-order valence-corrected chi connectivity index (χ2v) is 4.41. The Morgan fingerprint density at radius 3 is 2.56 bits per heavy atom. The minimum absolute atomic E-state index is 0.329. The zero-order chi connectivity index (χ0) is 13.8. The van der Waals surface area contributed by atoms with Crippen LogP contribution in [0.2, 0.25) is 0 Å². The third kappa shape index (κ3) is 4.52. The summed E-state index contributed by atoms with van der Waals surface area (Å²) in [5.74, 6) is 0.329. The first-order chi connectivity index (χ1) is 8.30. The number of anilines is 1. The van der Waals surface area contributed by atoms with E-state index in [9.17, 15) is 13.2 Å². The number of hydrogen-bond acceptors (Lipinski definition) is 3. The van der Waals surface area contributed by atoms with Gasteiger partial charge < -0.3 is 10.2 Å². The van der Waals surface area contributed by atoms with E-state index < -0.39 is 11.9 Å². The highest BCUT2D eigenvalue weighted by Gasteiger charge is 2.32. The van der Waals surface area contributed by atoms with Crippen molar-refractivity contribution in [1.82, 2.24) is 10.3 Å². The summed E-state index contributed by atoms with van der Waals surface area (Å²) in [4.78, 5) is 5.31. The first kappa shape index (κ1) is 14.8. The lowest BCUT2D eigenvalue weighted by Gasteiger charge is -2.20. The summed E-state index contributed by atoms with van der Waals surface area (Å²) in [5, 5.41) is 3.20. The first-order valence-electron chi connectivity index (χ1n) is 5.79. The number of nitrogens with one attached hydrogen (secondary N) is 1. The SMILES string of the molecule is CC(C)NCCN(C)c1cccc(C(F)(F)F)n1. The van der Waals surface area contributed by atoms with Crippen molar-refractivity contribution in [3.8, 4) is 0 Å². The van der Waals surface area contributed by atoms with Crippen molar-refractivity contribution < 1.29 is 13.2 Å². The highest BCUT2D eigenvalue weighted by atomic mass is 19.4. The van der Waals surface area contributed by atoms with Gasteiger partial charge in [-0.1, -0.05) is 19.9 Å². The van der Waals surface area contributed by atoms with Crippen molar-refractivity contribution in [2.45, 2.75) is 26.1 Å². The molecule has 0 atom stereocenters. The predicted molar refractivity (Wildman–Crippen MR) is 65.6 cm³/mol. The molecule has 3 nitrogen and oxygen atoms in total. The fraction of sp³-hybridized carbons (Fsp3) is 0.583. The molecule has 0 radical (unpaired) electrons. The summed E-state index contributed by atoms with van der Waals surface area (Å²) in [7, 11) is 1.73. The molecule has 0 saturated heterocycles. The fourth-order valence-electron chi connectivity index (χ4n) is 1.43. The molecule has 0 aliphatic rings. The minimum Gasteiger partial charge on any atom is -0.358 e. The van der Waals surface area contributed by atoms with Crippen molar-refractivity contribution in [3.63, 3.8) is 0 Å². The molecule has 0 amide bonds. The van der Waals surface area contributed by atoms with Crippen LogP contribution in [0.15, 0.2) is 18.2 Å². The van der Waals surface area contributed by atoms with Crippen LogP contribution in [0, 0.1) is 0 Å². The average molecular weight is 261 g/mol. The smallest absolute Gasteiger partial charge is 0.358 e. The van der Waals surface area contributed by atoms with Crippen molar-refractivity contribution >= 4 is 5.82 Å². The van der Waals surface area contributed by atoms with Gasteiger partial charge in [-0.3, -0.25) is 0 Å². The third-order valence-corrected chi connectivity index (χ3v) is 2.42. The van der Waals surface area contributed by atoms with Crippen LogP contribution in [-0.2, 0) is 6.18 Å². The molecule has 1 aromatic rings. The van der Waals surface area contributed by atoms with Crippen molar-refractivity contribution in [1.29, 1.82) is 0 Å². The van der Waals surface area contributed by atoms with E-state index in [1.807, 2.05) is 13.8 Å². The Labute approximate surface area is 105 Å². The topological polar surface area (TPSA) is 28.2 Å². The number of alkyl halides is 3. The Morgan fingerprint density at radius 2 is 2.00 bits per heavy atom. The standard InChI is InChI=1S/C12H18F3N3/c1-9(2)16-7-8-18(3)11-6-4-5-10(17-11)12(13,14)15/h4-6,9,16H,7-8H2,1-3H3. The minimum atomic E-state index is -4.40. The number of nitrogens with zero attached hydrogens (tertiary/aromatic N) is 2. The van der Waals surface area contributed by atoms with Gasteiger partial charge in [0.1, 0.15) is 11.5 Å². The Hall–Kier alpha value is -1.30.